The minimum atomic E-state index is -3.22. The van der Waals surface area contributed by atoms with Gasteiger partial charge in [0.1, 0.15) is 0 Å². The Morgan fingerprint density at radius 3 is 2.57 bits per heavy atom. The topological polar surface area (TPSA) is 69.7 Å². The van der Waals surface area contributed by atoms with E-state index >= 15 is 0 Å². The molecule has 6 nitrogen and oxygen atoms in total. The molecule has 1 aromatic rings. The van der Waals surface area contributed by atoms with Gasteiger partial charge in [-0.25, -0.2) is 8.42 Å². The Bertz CT molecular complexity index is 749. The summed E-state index contributed by atoms with van der Waals surface area (Å²) in [6, 6.07) is 7.59. The summed E-state index contributed by atoms with van der Waals surface area (Å²) in [5.41, 5.74) is 1.22. The molecule has 0 spiro atoms. The van der Waals surface area contributed by atoms with Crippen molar-refractivity contribution < 1.29 is 13.2 Å². The molecule has 0 radical (unpaired) electrons. The highest BCUT2D eigenvalue weighted by Crippen LogP contribution is 2.24. The van der Waals surface area contributed by atoms with E-state index in [0.29, 0.717) is 30.4 Å². The standard InChI is InChI=1S/C21H33N3O3S/c1-2-19-8-3-4-14-23(19)15-7-13-22-21(25)18-9-11-20(12-10-18)24-16-5-6-17-28(24,26)27/h9-12,19H,2-8,13-17H2,1H3,(H,22,25)/t19-/m0/s1. The maximum absolute atomic E-state index is 12.4. The highest BCUT2D eigenvalue weighted by molar-refractivity contribution is 7.92. The molecule has 1 N–H and O–H groups in total. The highest BCUT2D eigenvalue weighted by atomic mass is 32.2. The summed E-state index contributed by atoms with van der Waals surface area (Å²) in [4.78, 5) is 14.9. The van der Waals surface area contributed by atoms with Crippen molar-refractivity contribution in [2.75, 3.05) is 36.2 Å². The molecule has 3 rings (SSSR count). The van der Waals surface area contributed by atoms with Crippen LogP contribution in [0.4, 0.5) is 5.69 Å². The zero-order valence-corrected chi connectivity index (χ0v) is 17.7. The lowest BCUT2D eigenvalue weighted by Gasteiger charge is -2.35. The van der Waals surface area contributed by atoms with Gasteiger partial charge in [0.15, 0.2) is 0 Å². The van der Waals surface area contributed by atoms with E-state index in [1.807, 2.05) is 0 Å². The lowest BCUT2D eigenvalue weighted by Crippen LogP contribution is -2.40. The zero-order chi connectivity index (χ0) is 20.0. The Balaban J connectivity index is 1.47. The predicted octanol–water partition coefficient (Wildman–Crippen LogP) is 3.00. The van der Waals surface area contributed by atoms with Gasteiger partial charge in [0.2, 0.25) is 10.0 Å². The molecule has 1 atom stereocenters. The molecule has 0 aliphatic carbocycles. The SMILES string of the molecule is CC[C@H]1CCCCN1CCCNC(=O)c1ccc(N2CCCCS2(=O)=O)cc1. The van der Waals surface area contributed by atoms with E-state index in [2.05, 4.69) is 17.1 Å². The molecule has 2 fully saturated rings. The second-order valence-electron chi connectivity index (χ2n) is 7.85. The third kappa shape index (κ3) is 5.26. The van der Waals surface area contributed by atoms with Gasteiger partial charge in [-0.15, -0.1) is 0 Å². The number of carbonyl (C=O) groups is 1. The van der Waals surface area contributed by atoms with Crippen molar-refractivity contribution in [3.63, 3.8) is 0 Å². The molecule has 2 aliphatic heterocycles. The Morgan fingerprint density at radius 1 is 1.11 bits per heavy atom. The van der Waals surface area contributed by atoms with Crippen LogP contribution in [0.25, 0.3) is 0 Å². The number of amides is 1. The highest BCUT2D eigenvalue weighted by Gasteiger charge is 2.26. The number of carbonyl (C=O) groups excluding carboxylic acids is 1. The lowest BCUT2D eigenvalue weighted by molar-refractivity contribution is 0.0947. The molecule has 1 amide bonds. The van der Waals surface area contributed by atoms with Crippen LogP contribution in [-0.2, 0) is 10.0 Å². The monoisotopic (exact) mass is 407 g/mol. The molecule has 0 saturated carbocycles. The van der Waals surface area contributed by atoms with Gasteiger partial charge in [-0.05, 0) is 69.3 Å². The molecule has 2 aliphatic rings. The smallest absolute Gasteiger partial charge is 0.251 e. The van der Waals surface area contributed by atoms with Crippen LogP contribution in [0.3, 0.4) is 0 Å². The number of nitrogens with zero attached hydrogens (tertiary/aromatic N) is 2. The molecule has 7 heteroatoms. The third-order valence-corrected chi connectivity index (χ3v) is 7.76. The van der Waals surface area contributed by atoms with Crippen LogP contribution in [0.5, 0.6) is 0 Å². The van der Waals surface area contributed by atoms with E-state index < -0.39 is 10.0 Å². The fourth-order valence-corrected chi connectivity index (χ4v) is 5.90. The summed E-state index contributed by atoms with van der Waals surface area (Å²) in [6.45, 7) is 5.64. The summed E-state index contributed by atoms with van der Waals surface area (Å²) in [5, 5.41) is 2.99. The Kier molecular flexibility index (Phi) is 7.35. The van der Waals surface area contributed by atoms with Crippen molar-refractivity contribution in [1.29, 1.82) is 0 Å². The van der Waals surface area contributed by atoms with Gasteiger partial charge in [0, 0.05) is 31.2 Å². The molecule has 0 bridgehead atoms. The van der Waals surface area contributed by atoms with Crippen molar-refractivity contribution in [2.24, 2.45) is 0 Å². The number of hydrogen-bond donors (Lipinski definition) is 1. The van der Waals surface area contributed by atoms with Crippen molar-refractivity contribution >= 4 is 21.6 Å². The van der Waals surface area contributed by atoms with Crippen LogP contribution < -0.4 is 9.62 Å². The maximum atomic E-state index is 12.4. The maximum Gasteiger partial charge on any atom is 0.251 e. The van der Waals surface area contributed by atoms with E-state index in [0.717, 1.165) is 25.8 Å². The summed E-state index contributed by atoms with van der Waals surface area (Å²) in [7, 11) is -3.22. The summed E-state index contributed by atoms with van der Waals surface area (Å²) < 4.78 is 25.8. The predicted molar refractivity (Wildman–Crippen MR) is 113 cm³/mol. The van der Waals surface area contributed by atoms with Crippen LogP contribution >= 0.6 is 0 Å². The van der Waals surface area contributed by atoms with Gasteiger partial charge in [-0.3, -0.25) is 9.10 Å². The van der Waals surface area contributed by atoms with Crippen LogP contribution in [0.1, 0.15) is 62.2 Å². The molecule has 1 aromatic carbocycles. The Morgan fingerprint density at radius 2 is 1.86 bits per heavy atom. The average Bonchev–Trinajstić information content (AvgIpc) is 2.71. The van der Waals surface area contributed by atoms with Crippen LogP contribution in [-0.4, -0.2) is 57.2 Å². The van der Waals surface area contributed by atoms with Gasteiger partial charge < -0.3 is 10.2 Å². The molecule has 0 unspecified atom stereocenters. The second-order valence-corrected chi connectivity index (χ2v) is 9.86. The van der Waals surface area contributed by atoms with Crippen LogP contribution in [0, 0.1) is 0 Å². The first-order valence-electron chi connectivity index (χ1n) is 10.6. The number of benzene rings is 1. The Labute approximate surface area is 169 Å². The number of sulfonamides is 1. The lowest BCUT2D eigenvalue weighted by atomic mass is 10.00. The summed E-state index contributed by atoms with van der Waals surface area (Å²) in [5.74, 6) is 0.101. The van der Waals surface area contributed by atoms with E-state index in [4.69, 9.17) is 0 Å². The van der Waals surface area contributed by atoms with Crippen molar-refractivity contribution in [3.05, 3.63) is 29.8 Å². The van der Waals surface area contributed by atoms with E-state index in [-0.39, 0.29) is 11.7 Å². The molecular weight excluding hydrogens is 374 g/mol. The molecular formula is C21H33N3O3S. The minimum absolute atomic E-state index is 0.0984. The zero-order valence-electron chi connectivity index (χ0n) is 16.9. The van der Waals surface area contributed by atoms with Crippen LogP contribution in [0.2, 0.25) is 0 Å². The minimum Gasteiger partial charge on any atom is -0.352 e. The van der Waals surface area contributed by atoms with E-state index in [1.54, 1.807) is 24.3 Å². The first-order valence-corrected chi connectivity index (χ1v) is 12.2. The number of anilines is 1. The normalized spacial score (nSPS) is 22.8. The van der Waals surface area contributed by atoms with Gasteiger partial charge in [-0.1, -0.05) is 13.3 Å². The number of hydrogen-bond acceptors (Lipinski definition) is 4. The van der Waals surface area contributed by atoms with Crippen molar-refractivity contribution in [3.8, 4) is 0 Å². The molecule has 2 saturated heterocycles. The number of nitrogens with one attached hydrogen (secondary N) is 1. The second kappa shape index (κ2) is 9.74. The van der Waals surface area contributed by atoms with E-state index in [1.165, 1.54) is 36.5 Å². The number of piperidine rings is 1. The summed E-state index contributed by atoms with van der Waals surface area (Å²) >= 11 is 0. The fraction of sp³-hybridized carbons (Fsp3) is 0.667. The number of rotatable bonds is 7. The largest absolute Gasteiger partial charge is 0.352 e. The first-order chi connectivity index (χ1) is 13.5. The van der Waals surface area contributed by atoms with Crippen molar-refractivity contribution in [1.82, 2.24) is 10.2 Å². The number of likely N-dealkylation sites (tertiary alicyclic amines) is 1. The van der Waals surface area contributed by atoms with Gasteiger partial charge in [0.05, 0.1) is 11.4 Å². The Hall–Kier alpha value is -1.60. The van der Waals surface area contributed by atoms with E-state index in [9.17, 15) is 13.2 Å². The molecule has 2 heterocycles. The van der Waals surface area contributed by atoms with Gasteiger partial charge >= 0.3 is 0 Å². The quantitative estimate of drug-likeness (QED) is 0.706. The van der Waals surface area contributed by atoms with Crippen LogP contribution in [0.15, 0.2) is 24.3 Å². The molecule has 156 valence electrons. The average molecular weight is 408 g/mol. The van der Waals surface area contributed by atoms with Crippen molar-refractivity contribution in [2.45, 2.75) is 57.9 Å². The molecule has 0 aromatic heterocycles. The fourth-order valence-electron chi connectivity index (χ4n) is 4.26. The molecule has 28 heavy (non-hydrogen) atoms. The van der Waals surface area contributed by atoms with Gasteiger partial charge in [-0.2, -0.15) is 0 Å². The van der Waals surface area contributed by atoms with Gasteiger partial charge in [0.25, 0.3) is 5.91 Å². The summed E-state index contributed by atoms with van der Waals surface area (Å²) in [6.07, 6.45) is 7.65. The first kappa shape index (κ1) is 21.1. The third-order valence-electron chi connectivity index (χ3n) is 5.89.